The number of nitrogens with one attached hydrogen (secondary N) is 2. The van der Waals surface area contributed by atoms with Crippen LogP contribution in [0.15, 0.2) is 0 Å². The Balaban J connectivity index is 2.61. The molecule has 0 saturated heterocycles. The van der Waals surface area contributed by atoms with Crippen molar-refractivity contribution in [1.29, 1.82) is 0 Å². The van der Waals surface area contributed by atoms with Crippen molar-refractivity contribution >= 4 is 23.5 Å². The Bertz CT molecular complexity index is 363. The van der Waals surface area contributed by atoms with Gasteiger partial charge in [-0.05, 0) is 37.8 Å². The number of rotatable bonds is 8. The van der Waals surface area contributed by atoms with Crippen molar-refractivity contribution in [3.05, 3.63) is 5.28 Å². The zero-order chi connectivity index (χ0) is 13.4. The number of aliphatic hydroxyl groups excluding tert-OH is 1. The fourth-order valence-corrected chi connectivity index (χ4v) is 1.58. The van der Waals surface area contributed by atoms with Crippen LogP contribution in [0.25, 0.3) is 0 Å². The van der Waals surface area contributed by atoms with Crippen LogP contribution in [0.2, 0.25) is 5.28 Å². The van der Waals surface area contributed by atoms with Crippen LogP contribution in [0.5, 0.6) is 0 Å². The predicted octanol–water partition coefficient (Wildman–Crippen LogP) is 1.92. The highest BCUT2D eigenvalue weighted by Crippen LogP contribution is 2.11. The molecule has 7 heteroatoms. The number of anilines is 2. The lowest BCUT2D eigenvalue weighted by Crippen LogP contribution is -2.18. The molecule has 102 valence electrons. The largest absolute Gasteiger partial charge is 0.396 e. The molecule has 18 heavy (non-hydrogen) atoms. The fraction of sp³-hybridized carbons (Fsp3) is 0.727. The first-order valence-corrected chi connectivity index (χ1v) is 6.56. The van der Waals surface area contributed by atoms with Gasteiger partial charge in [-0.1, -0.05) is 6.92 Å². The van der Waals surface area contributed by atoms with Gasteiger partial charge in [-0.2, -0.15) is 15.0 Å². The molecular formula is C11H20ClN5O. The maximum atomic E-state index is 8.77. The predicted molar refractivity (Wildman–Crippen MR) is 73.0 cm³/mol. The van der Waals surface area contributed by atoms with E-state index in [1.54, 1.807) is 0 Å². The van der Waals surface area contributed by atoms with E-state index in [1.165, 1.54) is 0 Å². The lowest BCUT2D eigenvalue weighted by Gasteiger charge is -2.13. The van der Waals surface area contributed by atoms with Gasteiger partial charge in [0.25, 0.3) is 0 Å². The van der Waals surface area contributed by atoms with Gasteiger partial charge in [-0.3, -0.25) is 0 Å². The van der Waals surface area contributed by atoms with Gasteiger partial charge in [-0.15, -0.1) is 0 Å². The molecule has 1 atom stereocenters. The molecular weight excluding hydrogens is 254 g/mol. The van der Waals surface area contributed by atoms with Crippen molar-refractivity contribution in [3.63, 3.8) is 0 Å². The molecule has 0 fully saturated rings. The second-order valence-corrected chi connectivity index (χ2v) is 4.43. The zero-order valence-corrected chi connectivity index (χ0v) is 11.5. The highest BCUT2D eigenvalue weighted by Gasteiger charge is 2.07. The van der Waals surface area contributed by atoms with Crippen molar-refractivity contribution in [2.24, 2.45) is 0 Å². The second kappa shape index (κ2) is 8.05. The summed E-state index contributed by atoms with van der Waals surface area (Å²) in [4.78, 5) is 12.2. The molecule has 0 bridgehead atoms. The highest BCUT2D eigenvalue weighted by atomic mass is 35.5. The van der Waals surface area contributed by atoms with Crippen LogP contribution in [-0.2, 0) is 0 Å². The van der Waals surface area contributed by atoms with E-state index in [9.17, 15) is 0 Å². The molecule has 1 unspecified atom stereocenters. The molecule has 1 heterocycles. The first-order chi connectivity index (χ1) is 8.65. The lowest BCUT2D eigenvalue weighted by atomic mass is 10.2. The van der Waals surface area contributed by atoms with Crippen LogP contribution in [0.1, 0.15) is 33.1 Å². The fourth-order valence-electron chi connectivity index (χ4n) is 1.42. The van der Waals surface area contributed by atoms with E-state index in [0.29, 0.717) is 11.9 Å². The molecule has 3 N–H and O–H groups in total. The zero-order valence-electron chi connectivity index (χ0n) is 10.8. The Hall–Kier alpha value is -1.14. The first-order valence-electron chi connectivity index (χ1n) is 6.18. The van der Waals surface area contributed by atoms with Crippen LogP contribution in [-0.4, -0.2) is 39.3 Å². The van der Waals surface area contributed by atoms with Gasteiger partial charge in [0.05, 0.1) is 0 Å². The Kier molecular flexibility index (Phi) is 6.67. The molecule has 0 aliphatic rings. The summed E-state index contributed by atoms with van der Waals surface area (Å²) in [6.07, 6.45) is 2.57. The topological polar surface area (TPSA) is 83.0 Å². The number of halogens is 1. The number of hydrogen-bond acceptors (Lipinski definition) is 6. The molecule has 6 nitrogen and oxygen atoms in total. The lowest BCUT2D eigenvalue weighted by molar-refractivity contribution is 0.282. The van der Waals surface area contributed by atoms with Crippen LogP contribution >= 0.6 is 11.6 Å². The van der Waals surface area contributed by atoms with Crippen LogP contribution in [0.3, 0.4) is 0 Å². The van der Waals surface area contributed by atoms with Crippen molar-refractivity contribution in [3.8, 4) is 0 Å². The molecule has 0 aliphatic heterocycles. The van der Waals surface area contributed by atoms with Gasteiger partial charge in [0.2, 0.25) is 17.2 Å². The molecule has 0 radical (unpaired) electrons. The van der Waals surface area contributed by atoms with Crippen LogP contribution < -0.4 is 10.6 Å². The van der Waals surface area contributed by atoms with E-state index in [-0.39, 0.29) is 17.9 Å². The molecule has 0 aromatic carbocycles. The smallest absolute Gasteiger partial charge is 0.229 e. The molecule has 1 aromatic heterocycles. The maximum Gasteiger partial charge on any atom is 0.229 e. The molecule has 0 spiro atoms. The Morgan fingerprint density at radius 3 is 2.67 bits per heavy atom. The van der Waals surface area contributed by atoms with E-state index >= 15 is 0 Å². The summed E-state index contributed by atoms with van der Waals surface area (Å²) >= 11 is 5.83. The minimum atomic E-state index is 0.167. The third kappa shape index (κ3) is 5.46. The molecule has 0 saturated carbocycles. The normalized spacial score (nSPS) is 12.2. The number of hydrogen-bond donors (Lipinski definition) is 3. The molecule has 1 aromatic rings. The highest BCUT2D eigenvalue weighted by molar-refractivity contribution is 6.28. The Labute approximate surface area is 112 Å². The second-order valence-electron chi connectivity index (χ2n) is 4.09. The summed E-state index contributed by atoms with van der Waals surface area (Å²) in [6.45, 7) is 5.05. The Morgan fingerprint density at radius 1 is 1.28 bits per heavy atom. The van der Waals surface area contributed by atoms with Gasteiger partial charge in [0.1, 0.15) is 0 Å². The van der Waals surface area contributed by atoms with E-state index in [1.807, 2.05) is 6.92 Å². The summed E-state index contributed by atoms with van der Waals surface area (Å²) in [5.41, 5.74) is 0. The summed E-state index contributed by atoms with van der Waals surface area (Å²) < 4.78 is 0. The van der Waals surface area contributed by atoms with Crippen molar-refractivity contribution in [1.82, 2.24) is 15.0 Å². The van der Waals surface area contributed by atoms with E-state index in [4.69, 9.17) is 16.7 Å². The first kappa shape index (κ1) is 14.9. The van der Waals surface area contributed by atoms with Crippen molar-refractivity contribution < 1.29 is 5.11 Å². The number of aromatic nitrogens is 3. The standard InChI is InChI=1S/C11H20ClN5O/c1-3-6-13-10-15-9(12)16-11(17-10)14-8(2)5-4-7-18/h8,18H,3-7H2,1-2H3,(H2,13,14,15,16,17). The maximum absolute atomic E-state index is 8.77. The third-order valence-electron chi connectivity index (χ3n) is 2.31. The number of aliphatic hydroxyl groups is 1. The quantitative estimate of drug-likeness (QED) is 0.671. The van der Waals surface area contributed by atoms with Crippen LogP contribution in [0, 0.1) is 0 Å². The minimum Gasteiger partial charge on any atom is -0.396 e. The summed E-state index contributed by atoms with van der Waals surface area (Å²) in [6, 6.07) is 0.176. The van der Waals surface area contributed by atoms with Crippen molar-refractivity contribution in [2.75, 3.05) is 23.8 Å². The van der Waals surface area contributed by atoms with Crippen molar-refractivity contribution in [2.45, 2.75) is 39.2 Å². The minimum absolute atomic E-state index is 0.167. The van der Waals surface area contributed by atoms with Gasteiger partial charge < -0.3 is 15.7 Å². The summed E-state index contributed by atoms with van der Waals surface area (Å²) in [7, 11) is 0. The third-order valence-corrected chi connectivity index (χ3v) is 2.48. The molecule has 1 rings (SSSR count). The van der Waals surface area contributed by atoms with Gasteiger partial charge in [0, 0.05) is 19.2 Å². The average Bonchev–Trinajstić information content (AvgIpc) is 2.33. The summed E-state index contributed by atoms with van der Waals surface area (Å²) in [5, 5.41) is 15.1. The van der Waals surface area contributed by atoms with Gasteiger partial charge >= 0.3 is 0 Å². The van der Waals surface area contributed by atoms with E-state index in [2.05, 4.69) is 32.5 Å². The SMILES string of the molecule is CCCNc1nc(Cl)nc(NC(C)CCCO)n1. The summed E-state index contributed by atoms with van der Waals surface area (Å²) in [5.74, 6) is 0.938. The molecule has 0 amide bonds. The van der Waals surface area contributed by atoms with Gasteiger partial charge in [0.15, 0.2) is 0 Å². The Morgan fingerprint density at radius 2 is 2.00 bits per heavy atom. The van der Waals surface area contributed by atoms with Crippen LogP contribution in [0.4, 0.5) is 11.9 Å². The molecule has 0 aliphatic carbocycles. The van der Waals surface area contributed by atoms with E-state index < -0.39 is 0 Å². The number of nitrogens with zero attached hydrogens (tertiary/aromatic N) is 3. The van der Waals surface area contributed by atoms with E-state index in [0.717, 1.165) is 25.8 Å². The monoisotopic (exact) mass is 273 g/mol. The van der Waals surface area contributed by atoms with Gasteiger partial charge in [-0.25, -0.2) is 0 Å². The average molecular weight is 274 g/mol.